The van der Waals surface area contributed by atoms with Gasteiger partial charge in [0.25, 0.3) is 5.91 Å². The number of halogens is 2. The summed E-state index contributed by atoms with van der Waals surface area (Å²) in [6, 6.07) is 18.9. The molecule has 0 unspecified atom stereocenters. The molecule has 0 radical (unpaired) electrons. The first-order valence-corrected chi connectivity index (χ1v) is 10.3. The number of esters is 1. The van der Waals surface area contributed by atoms with Crippen LogP contribution in [-0.4, -0.2) is 24.4 Å². The summed E-state index contributed by atoms with van der Waals surface area (Å²) in [6.45, 7) is -0.509. The standard InChI is InChI=1S/C24H20ClFN2O5/c25-20-3-1-2-4-21(20)33-19-11-9-18(10-12-19)27-22(29)13-14-24(31)32-15-23(30)28-17-7-5-16(26)6-8-17/h1-12H,13-15H2,(H,27,29)(H,28,30). The van der Waals surface area contributed by atoms with Crippen LogP contribution in [0.4, 0.5) is 15.8 Å². The monoisotopic (exact) mass is 470 g/mol. The van der Waals surface area contributed by atoms with Crippen molar-refractivity contribution in [2.24, 2.45) is 0 Å². The second-order valence-electron chi connectivity index (χ2n) is 6.82. The minimum Gasteiger partial charge on any atom is -0.456 e. The Morgan fingerprint density at radius 3 is 2.06 bits per heavy atom. The third kappa shape index (κ3) is 7.93. The summed E-state index contributed by atoms with van der Waals surface area (Å²) in [5, 5.41) is 5.61. The molecule has 33 heavy (non-hydrogen) atoms. The van der Waals surface area contributed by atoms with E-state index < -0.39 is 24.3 Å². The third-order valence-corrected chi connectivity index (χ3v) is 4.56. The fourth-order valence-corrected chi connectivity index (χ4v) is 2.82. The molecule has 0 aromatic heterocycles. The fourth-order valence-electron chi connectivity index (χ4n) is 2.65. The Labute approximate surface area is 194 Å². The third-order valence-electron chi connectivity index (χ3n) is 4.25. The molecule has 0 aliphatic heterocycles. The zero-order valence-corrected chi connectivity index (χ0v) is 18.1. The van der Waals surface area contributed by atoms with Crippen LogP contribution in [0.3, 0.4) is 0 Å². The summed E-state index contributed by atoms with van der Waals surface area (Å²) in [6.07, 6.45) is -0.306. The number of carbonyl (C=O) groups excluding carboxylic acids is 3. The maximum Gasteiger partial charge on any atom is 0.306 e. The van der Waals surface area contributed by atoms with Crippen molar-refractivity contribution in [2.45, 2.75) is 12.8 Å². The Kier molecular flexibility index (Phi) is 8.37. The first-order valence-electron chi connectivity index (χ1n) is 9.92. The molecule has 0 heterocycles. The van der Waals surface area contributed by atoms with Gasteiger partial charge in [0, 0.05) is 17.8 Å². The van der Waals surface area contributed by atoms with Crippen LogP contribution in [0.15, 0.2) is 72.8 Å². The molecule has 0 aliphatic carbocycles. The largest absolute Gasteiger partial charge is 0.456 e. The van der Waals surface area contributed by atoms with Crippen molar-refractivity contribution in [3.8, 4) is 11.5 Å². The van der Waals surface area contributed by atoms with Gasteiger partial charge < -0.3 is 20.1 Å². The van der Waals surface area contributed by atoms with Gasteiger partial charge in [-0.15, -0.1) is 0 Å². The number of rotatable bonds is 9. The molecule has 0 saturated carbocycles. The highest BCUT2D eigenvalue weighted by molar-refractivity contribution is 6.32. The number of para-hydroxylation sites is 1. The van der Waals surface area contributed by atoms with Gasteiger partial charge in [-0.3, -0.25) is 14.4 Å². The molecule has 0 atom stereocenters. The SMILES string of the molecule is O=C(CCC(=O)OCC(=O)Nc1ccc(F)cc1)Nc1ccc(Oc2ccccc2Cl)cc1. The first-order chi connectivity index (χ1) is 15.9. The molecule has 9 heteroatoms. The molecule has 0 bridgehead atoms. The minimum atomic E-state index is -0.692. The van der Waals surface area contributed by atoms with Crippen LogP contribution in [0.25, 0.3) is 0 Å². The highest BCUT2D eigenvalue weighted by Gasteiger charge is 2.11. The summed E-state index contributed by atoms with van der Waals surface area (Å²) in [5.41, 5.74) is 0.902. The van der Waals surface area contributed by atoms with Crippen LogP contribution in [0.1, 0.15) is 12.8 Å². The number of nitrogens with one attached hydrogen (secondary N) is 2. The molecule has 3 aromatic carbocycles. The van der Waals surface area contributed by atoms with E-state index in [1.54, 1.807) is 48.5 Å². The number of benzene rings is 3. The Morgan fingerprint density at radius 2 is 1.39 bits per heavy atom. The molecule has 3 rings (SSSR count). The Bertz CT molecular complexity index is 1120. The number of hydrogen-bond acceptors (Lipinski definition) is 5. The van der Waals surface area contributed by atoms with E-state index in [9.17, 15) is 18.8 Å². The Hall–Kier alpha value is -3.91. The summed E-state index contributed by atoms with van der Waals surface area (Å²) >= 11 is 6.06. The van der Waals surface area contributed by atoms with Crippen LogP contribution >= 0.6 is 11.6 Å². The molecule has 2 N–H and O–H groups in total. The fraction of sp³-hybridized carbons (Fsp3) is 0.125. The van der Waals surface area contributed by atoms with Gasteiger partial charge in [0.15, 0.2) is 6.61 Å². The predicted octanol–water partition coefficient (Wildman–Crippen LogP) is 5.17. The van der Waals surface area contributed by atoms with Gasteiger partial charge in [0.2, 0.25) is 5.91 Å². The number of anilines is 2. The van der Waals surface area contributed by atoms with E-state index in [4.69, 9.17) is 21.1 Å². The number of ether oxygens (including phenoxy) is 2. The van der Waals surface area contributed by atoms with Gasteiger partial charge in [-0.25, -0.2) is 4.39 Å². The normalized spacial score (nSPS) is 10.2. The molecule has 2 amide bonds. The van der Waals surface area contributed by atoms with Crippen molar-refractivity contribution in [3.05, 3.63) is 83.6 Å². The van der Waals surface area contributed by atoms with E-state index in [2.05, 4.69) is 10.6 Å². The highest BCUT2D eigenvalue weighted by Crippen LogP contribution is 2.29. The minimum absolute atomic E-state index is 0.115. The number of hydrogen-bond donors (Lipinski definition) is 2. The van der Waals surface area contributed by atoms with Gasteiger partial charge in [0.1, 0.15) is 17.3 Å². The van der Waals surface area contributed by atoms with Crippen LogP contribution in [-0.2, 0) is 19.1 Å². The average Bonchev–Trinajstić information content (AvgIpc) is 2.80. The maximum atomic E-state index is 12.9. The van der Waals surface area contributed by atoms with Crippen molar-refractivity contribution in [3.63, 3.8) is 0 Å². The summed E-state index contributed by atoms with van der Waals surface area (Å²) in [4.78, 5) is 35.6. The first kappa shape index (κ1) is 23.7. The number of amides is 2. The van der Waals surface area contributed by atoms with Crippen molar-refractivity contribution in [1.29, 1.82) is 0 Å². The van der Waals surface area contributed by atoms with Crippen molar-refractivity contribution in [2.75, 3.05) is 17.2 Å². The summed E-state index contributed by atoms with van der Waals surface area (Å²) < 4.78 is 23.4. The van der Waals surface area contributed by atoms with E-state index >= 15 is 0 Å². The zero-order valence-electron chi connectivity index (χ0n) is 17.3. The Balaban J connectivity index is 1.37. The van der Waals surface area contributed by atoms with Crippen molar-refractivity contribution in [1.82, 2.24) is 0 Å². The van der Waals surface area contributed by atoms with E-state index in [1.807, 2.05) is 0 Å². The second kappa shape index (κ2) is 11.6. The lowest BCUT2D eigenvalue weighted by Crippen LogP contribution is -2.21. The lowest BCUT2D eigenvalue weighted by Gasteiger charge is -2.09. The molecule has 0 saturated heterocycles. The van der Waals surface area contributed by atoms with Gasteiger partial charge in [-0.1, -0.05) is 23.7 Å². The van der Waals surface area contributed by atoms with Crippen LogP contribution < -0.4 is 15.4 Å². The van der Waals surface area contributed by atoms with Gasteiger partial charge >= 0.3 is 5.97 Å². The van der Waals surface area contributed by atoms with E-state index in [0.717, 1.165) is 0 Å². The predicted molar refractivity (Wildman–Crippen MR) is 122 cm³/mol. The molecule has 0 aliphatic rings. The summed E-state index contributed by atoms with van der Waals surface area (Å²) in [5.74, 6) is -1.02. The van der Waals surface area contributed by atoms with Crippen LogP contribution in [0.2, 0.25) is 5.02 Å². The molecule has 0 fully saturated rings. The smallest absolute Gasteiger partial charge is 0.306 e. The second-order valence-corrected chi connectivity index (χ2v) is 7.23. The van der Waals surface area contributed by atoms with E-state index in [-0.39, 0.29) is 18.7 Å². The van der Waals surface area contributed by atoms with Crippen LogP contribution in [0.5, 0.6) is 11.5 Å². The number of carbonyl (C=O) groups is 3. The van der Waals surface area contributed by atoms with Crippen molar-refractivity contribution < 1.29 is 28.2 Å². The molecular weight excluding hydrogens is 451 g/mol. The zero-order chi connectivity index (χ0) is 23.6. The van der Waals surface area contributed by atoms with Gasteiger partial charge in [-0.2, -0.15) is 0 Å². The van der Waals surface area contributed by atoms with E-state index in [0.29, 0.717) is 27.9 Å². The van der Waals surface area contributed by atoms with Gasteiger partial charge in [0.05, 0.1) is 11.4 Å². The molecule has 7 nitrogen and oxygen atoms in total. The average molecular weight is 471 g/mol. The molecule has 0 spiro atoms. The lowest BCUT2D eigenvalue weighted by atomic mass is 10.2. The topological polar surface area (TPSA) is 93.7 Å². The Morgan fingerprint density at radius 1 is 0.788 bits per heavy atom. The molecule has 170 valence electrons. The summed E-state index contributed by atoms with van der Waals surface area (Å²) in [7, 11) is 0. The van der Waals surface area contributed by atoms with E-state index in [1.165, 1.54) is 24.3 Å². The molecule has 3 aromatic rings. The quantitative estimate of drug-likeness (QED) is 0.421. The lowest BCUT2D eigenvalue weighted by molar-refractivity contribution is -0.147. The highest BCUT2D eigenvalue weighted by atomic mass is 35.5. The maximum absolute atomic E-state index is 12.9. The van der Waals surface area contributed by atoms with Crippen molar-refractivity contribution >= 4 is 40.8 Å². The molecular formula is C24H20ClFN2O5. The van der Waals surface area contributed by atoms with Gasteiger partial charge in [-0.05, 0) is 60.7 Å². The van der Waals surface area contributed by atoms with Crippen LogP contribution in [0, 0.1) is 5.82 Å².